The van der Waals surface area contributed by atoms with Gasteiger partial charge in [0.15, 0.2) is 0 Å². The molecular weight excluding hydrogens is 292 g/mol. The fourth-order valence-electron chi connectivity index (χ4n) is 2.95. The molecule has 2 aromatic rings. The molecule has 2 amide bonds. The van der Waals surface area contributed by atoms with Gasteiger partial charge in [-0.2, -0.15) is 4.98 Å². The Morgan fingerprint density at radius 2 is 2.17 bits per heavy atom. The van der Waals surface area contributed by atoms with Gasteiger partial charge in [-0.3, -0.25) is 0 Å². The minimum Gasteiger partial charge on any atom is -0.337 e. The van der Waals surface area contributed by atoms with Gasteiger partial charge in [-0.15, -0.1) is 0 Å². The first kappa shape index (κ1) is 15.5. The van der Waals surface area contributed by atoms with Crippen molar-refractivity contribution in [2.45, 2.75) is 32.2 Å². The number of carbonyl (C=O) groups is 1. The quantitative estimate of drug-likeness (QED) is 0.853. The zero-order valence-electron chi connectivity index (χ0n) is 13.8. The molecule has 122 valence electrons. The number of amides is 2. The van der Waals surface area contributed by atoms with Gasteiger partial charge in [-0.05, 0) is 32.3 Å². The number of urea groups is 1. The zero-order chi connectivity index (χ0) is 16.4. The van der Waals surface area contributed by atoms with Crippen molar-refractivity contribution in [3.05, 3.63) is 35.7 Å². The molecule has 1 aliphatic rings. The topological polar surface area (TPSA) is 62.5 Å². The van der Waals surface area contributed by atoms with Gasteiger partial charge >= 0.3 is 6.03 Å². The molecule has 1 aromatic carbocycles. The van der Waals surface area contributed by atoms with Crippen LogP contribution in [0, 0.1) is 6.92 Å². The molecule has 1 unspecified atom stereocenters. The van der Waals surface area contributed by atoms with E-state index in [2.05, 4.69) is 10.1 Å². The fourth-order valence-corrected chi connectivity index (χ4v) is 2.95. The number of aromatic nitrogens is 2. The SMILES string of the molecule is Cc1cccc(-c2noc(C3CCCCN3C(=O)N(C)C)n2)c1. The lowest BCUT2D eigenvalue weighted by Gasteiger charge is -2.35. The number of benzene rings is 1. The van der Waals surface area contributed by atoms with E-state index in [-0.39, 0.29) is 12.1 Å². The molecule has 1 atom stereocenters. The summed E-state index contributed by atoms with van der Waals surface area (Å²) >= 11 is 0. The highest BCUT2D eigenvalue weighted by Gasteiger charge is 2.33. The normalized spacial score (nSPS) is 18.0. The summed E-state index contributed by atoms with van der Waals surface area (Å²) < 4.78 is 5.49. The number of likely N-dealkylation sites (tertiary alicyclic amines) is 1. The van der Waals surface area contributed by atoms with Crippen molar-refractivity contribution in [1.29, 1.82) is 0 Å². The van der Waals surface area contributed by atoms with Crippen molar-refractivity contribution in [3.8, 4) is 11.4 Å². The third-order valence-corrected chi connectivity index (χ3v) is 4.13. The number of nitrogens with zero attached hydrogens (tertiary/aromatic N) is 4. The highest BCUT2D eigenvalue weighted by Crippen LogP contribution is 2.31. The molecule has 0 spiro atoms. The van der Waals surface area contributed by atoms with Crippen LogP contribution in [0.3, 0.4) is 0 Å². The van der Waals surface area contributed by atoms with E-state index < -0.39 is 0 Å². The standard InChI is InChI=1S/C17H22N4O2/c1-12-7-6-8-13(11-12)15-18-16(23-19-15)14-9-4-5-10-21(14)17(22)20(2)3/h6-8,11,14H,4-5,9-10H2,1-3H3. The lowest BCUT2D eigenvalue weighted by atomic mass is 10.0. The van der Waals surface area contributed by atoms with Gasteiger partial charge in [0.2, 0.25) is 11.7 Å². The lowest BCUT2D eigenvalue weighted by molar-refractivity contribution is 0.113. The van der Waals surface area contributed by atoms with Crippen molar-refractivity contribution in [2.24, 2.45) is 0 Å². The van der Waals surface area contributed by atoms with E-state index in [1.807, 2.05) is 36.1 Å². The second-order valence-corrected chi connectivity index (χ2v) is 6.21. The second kappa shape index (κ2) is 6.40. The van der Waals surface area contributed by atoms with E-state index in [1.54, 1.807) is 19.0 Å². The Bertz CT molecular complexity index is 695. The molecule has 6 nitrogen and oxygen atoms in total. The Morgan fingerprint density at radius 3 is 2.91 bits per heavy atom. The summed E-state index contributed by atoms with van der Waals surface area (Å²) in [5.74, 6) is 1.10. The highest BCUT2D eigenvalue weighted by molar-refractivity contribution is 5.74. The predicted molar refractivity (Wildman–Crippen MR) is 86.9 cm³/mol. The van der Waals surface area contributed by atoms with E-state index in [0.29, 0.717) is 11.7 Å². The molecule has 23 heavy (non-hydrogen) atoms. The highest BCUT2D eigenvalue weighted by atomic mass is 16.5. The number of piperidine rings is 1. The largest absolute Gasteiger partial charge is 0.337 e. The van der Waals surface area contributed by atoms with Crippen molar-refractivity contribution >= 4 is 6.03 Å². The van der Waals surface area contributed by atoms with Crippen LogP contribution in [-0.2, 0) is 0 Å². The maximum absolute atomic E-state index is 12.4. The summed E-state index contributed by atoms with van der Waals surface area (Å²) in [5.41, 5.74) is 2.08. The summed E-state index contributed by atoms with van der Waals surface area (Å²) in [4.78, 5) is 20.3. The average molecular weight is 314 g/mol. The molecule has 1 aromatic heterocycles. The van der Waals surface area contributed by atoms with Crippen molar-refractivity contribution < 1.29 is 9.32 Å². The third-order valence-electron chi connectivity index (χ3n) is 4.13. The first-order valence-electron chi connectivity index (χ1n) is 7.95. The Kier molecular flexibility index (Phi) is 4.32. The molecule has 0 saturated carbocycles. The van der Waals surface area contributed by atoms with E-state index in [0.717, 1.165) is 36.9 Å². The smallest absolute Gasteiger partial charge is 0.320 e. The van der Waals surface area contributed by atoms with Crippen molar-refractivity contribution in [3.63, 3.8) is 0 Å². The van der Waals surface area contributed by atoms with Gasteiger partial charge in [-0.1, -0.05) is 28.9 Å². The first-order chi connectivity index (χ1) is 11.1. The monoisotopic (exact) mass is 314 g/mol. The number of aryl methyl sites for hydroxylation is 1. The summed E-state index contributed by atoms with van der Waals surface area (Å²) in [6.45, 7) is 2.76. The first-order valence-corrected chi connectivity index (χ1v) is 7.95. The molecule has 0 N–H and O–H groups in total. The Hall–Kier alpha value is -2.37. The maximum Gasteiger partial charge on any atom is 0.320 e. The lowest BCUT2D eigenvalue weighted by Crippen LogP contribution is -2.44. The third kappa shape index (κ3) is 3.21. The molecule has 0 aliphatic carbocycles. The van der Waals surface area contributed by atoms with Gasteiger partial charge in [0.05, 0.1) is 0 Å². The van der Waals surface area contributed by atoms with Crippen molar-refractivity contribution in [2.75, 3.05) is 20.6 Å². The molecule has 6 heteroatoms. The van der Waals surface area contributed by atoms with E-state index >= 15 is 0 Å². The van der Waals surface area contributed by atoms with Gasteiger partial charge < -0.3 is 14.3 Å². The Labute approximate surface area is 136 Å². The summed E-state index contributed by atoms with van der Waals surface area (Å²) in [7, 11) is 3.53. The molecule has 0 bridgehead atoms. The summed E-state index contributed by atoms with van der Waals surface area (Å²) in [6.07, 6.45) is 2.92. The zero-order valence-corrected chi connectivity index (χ0v) is 13.8. The minimum absolute atomic E-state index is 0.00925. The van der Waals surface area contributed by atoms with Crippen LogP contribution in [0.15, 0.2) is 28.8 Å². The molecule has 3 rings (SSSR count). The van der Waals surface area contributed by atoms with Crippen molar-refractivity contribution in [1.82, 2.24) is 19.9 Å². The average Bonchev–Trinajstić information content (AvgIpc) is 3.04. The van der Waals surface area contributed by atoms with Crippen LogP contribution < -0.4 is 0 Å². The van der Waals surface area contributed by atoms with Crippen LogP contribution in [-0.4, -0.2) is 46.6 Å². The van der Waals surface area contributed by atoms with Crippen LogP contribution >= 0.6 is 0 Å². The van der Waals surface area contributed by atoms with E-state index in [4.69, 9.17) is 4.52 Å². The van der Waals surface area contributed by atoms with Crippen LogP contribution in [0.4, 0.5) is 4.79 Å². The number of hydrogen-bond acceptors (Lipinski definition) is 4. The van der Waals surface area contributed by atoms with Gasteiger partial charge in [0, 0.05) is 26.2 Å². The minimum atomic E-state index is -0.135. The molecule has 1 saturated heterocycles. The maximum atomic E-state index is 12.4. The van der Waals surface area contributed by atoms with Crippen LogP contribution in [0.25, 0.3) is 11.4 Å². The second-order valence-electron chi connectivity index (χ2n) is 6.21. The van der Waals surface area contributed by atoms with Crippen LogP contribution in [0.5, 0.6) is 0 Å². The summed E-state index contributed by atoms with van der Waals surface area (Å²) in [6, 6.07) is 7.85. The summed E-state index contributed by atoms with van der Waals surface area (Å²) in [5, 5.41) is 4.10. The van der Waals surface area contributed by atoms with Gasteiger partial charge in [-0.25, -0.2) is 4.79 Å². The van der Waals surface area contributed by atoms with E-state index in [1.165, 1.54) is 0 Å². The van der Waals surface area contributed by atoms with Crippen LogP contribution in [0.1, 0.15) is 36.8 Å². The molecule has 1 fully saturated rings. The molecule has 1 aliphatic heterocycles. The Balaban J connectivity index is 1.87. The van der Waals surface area contributed by atoms with Gasteiger partial charge in [0.1, 0.15) is 6.04 Å². The number of rotatable bonds is 2. The van der Waals surface area contributed by atoms with E-state index in [9.17, 15) is 4.79 Å². The predicted octanol–water partition coefficient (Wildman–Crippen LogP) is 3.25. The molecular formula is C17H22N4O2. The number of carbonyl (C=O) groups excluding carboxylic acids is 1. The Morgan fingerprint density at radius 1 is 1.35 bits per heavy atom. The number of hydrogen-bond donors (Lipinski definition) is 0. The van der Waals surface area contributed by atoms with Crippen LogP contribution in [0.2, 0.25) is 0 Å². The molecule has 0 radical (unpaired) electrons. The van der Waals surface area contributed by atoms with Gasteiger partial charge in [0.25, 0.3) is 0 Å². The fraction of sp³-hybridized carbons (Fsp3) is 0.471. The molecule has 2 heterocycles.